The molecule has 47 heavy (non-hydrogen) atoms. The Morgan fingerprint density at radius 3 is 2.34 bits per heavy atom. The van der Waals surface area contributed by atoms with Gasteiger partial charge in [0, 0.05) is 30.0 Å². The summed E-state index contributed by atoms with van der Waals surface area (Å²) in [7, 11) is 3.79. The summed E-state index contributed by atoms with van der Waals surface area (Å²) in [5, 5.41) is 26.8. The van der Waals surface area contributed by atoms with Crippen LogP contribution in [0.3, 0.4) is 0 Å². The van der Waals surface area contributed by atoms with Crippen LogP contribution in [0.4, 0.5) is 4.79 Å². The number of likely N-dealkylation sites (N-methyl/N-ethyl adjacent to an activating group) is 1. The van der Waals surface area contributed by atoms with Gasteiger partial charge in [-0.1, -0.05) is 40.5 Å². The predicted molar refractivity (Wildman–Crippen MR) is 176 cm³/mol. The van der Waals surface area contributed by atoms with E-state index < -0.39 is 71.8 Å². The van der Waals surface area contributed by atoms with Gasteiger partial charge < -0.3 is 49.8 Å². The van der Waals surface area contributed by atoms with Gasteiger partial charge in [0.1, 0.15) is 23.9 Å². The first kappa shape index (κ1) is 38.3. The largest absolute Gasteiger partial charge is 0.459 e. The topological polar surface area (TPSA) is 162 Å². The van der Waals surface area contributed by atoms with E-state index in [0.29, 0.717) is 12.8 Å². The van der Waals surface area contributed by atoms with E-state index in [4.69, 9.17) is 29.4 Å². The second-order valence-corrected chi connectivity index (χ2v) is 15.8. The van der Waals surface area contributed by atoms with Crippen LogP contribution in [0.25, 0.3) is 0 Å². The third-order valence-electron chi connectivity index (χ3n) is 11.7. The van der Waals surface area contributed by atoms with Gasteiger partial charge in [0.2, 0.25) is 0 Å². The number of cyclic esters (lactones) is 1. The Morgan fingerprint density at radius 1 is 1.11 bits per heavy atom. The molecule has 5 N–H and O–H groups in total. The van der Waals surface area contributed by atoms with Crippen LogP contribution in [-0.4, -0.2) is 114 Å². The number of aliphatic hydroxyl groups excluding tert-OH is 1. The van der Waals surface area contributed by atoms with Gasteiger partial charge in [0.15, 0.2) is 6.29 Å². The zero-order valence-electron chi connectivity index (χ0n) is 30.3. The summed E-state index contributed by atoms with van der Waals surface area (Å²) in [6.07, 6.45) is -0.869. The van der Waals surface area contributed by atoms with Gasteiger partial charge in [-0.3, -0.25) is 4.79 Å². The van der Waals surface area contributed by atoms with Crippen LogP contribution in [0, 0.1) is 23.7 Å². The van der Waals surface area contributed by atoms with Crippen LogP contribution in [0.15, 0.2) is 0 Å². The molecule has 4 aliphatic rings. The maximum atomic E-state index is 14.0. The first-order valence-corrected chi connectivity index (χ1v) is 17.9. The molecule has 12 heteroatoms. The molecule has 12 nitrogen and oxygen atoms in total. The normalized spacial score (nSPS) is 47.1. The number of ether oxygens (including phenoxy) is 5. The predicted octanol–water partition coefficient (Wildman–Crippen LogP) is 3.34. The Kier molecular flexibility index (Phi) is 12.3. The quantitative estimate of drug-likeness (QED) is 0.307. The van der Waals surface area contributed by atoms with Crippen LogP contribution in [-0.2, 0) is 28.5 Å². The van der Waals surface area contributed by atoms with E-state index in [2.05, 4.69) is 5.32 Å². The lowest BCUT2D eigenvalue weighted by Crippen LogP contribution is -2.59. The summed E-state index contributed by atoms with van der Waals surface area (Å²) >= 11 is 0. The standard InChI is InChI=1S/C35H63N3O9/c1-11-25-35(8)29(36)20(4)27(47-35)18(2)17-34(7,42)30(46-32-26(39)24(38(9)10)16-19(3)43-32)21(5)28(22(6)31(40)44-25)45-33(41)37-23-14-12-13-15-23/h18-30,32,39,42H,11-17,36H2,1-10H3,(H,37,41)/t18-,19-,20-,21+,22-,24+,25+,26-,27-,28+,29+,30-,32+,34+,35?/m1/s1. The number of esters is 1. The van der Waals surface area contributed by atoms with Crippen molar-refractivity contribution in [3.63, 3.8) is 0 Å². The highest BCUT2D eigenvalue weighted by Crippen LogP contribution is 2.45. The van der Waals surface area contributed by atoms with E-state index >= 15 is 0 Å². The third kappa shape index (κ3) is 8.10. The molecular formula is C35H63N3O9. The zero-order chi connectivity index (χ0) is 35.0. The fraction of sp³-hybridized carbons (Fsp3) is 0.943. The number of hydrogen-bond acceptors (Lipinski definition) is 11. The summed E-state index contributed by atoms with van der Waals surface area (Å²) in [5.41, 5.74) is 4.31. The molecule has 2 bridgehead atoms. The highest BCUT2D eigenvalue weighted by molar-refractivity contribution is 5.74. The molecule has 4 rings (SSSR count). The van der Waals surface area contributed by atoms with Gasteiger partial charge in [-0.2, -0.15) is 0 Å². The average molecular weight is 670 g/mol. The number of carbonyl (C=O) groups is 2. The molecule has 0 aromatic rings. The highest BCUT2D eigenvalue weighted by Gasteiger charge is 2.57. The van der Waals surface area contributed by atoms with Crippen molar-refractivity contribution < 1.29 is 43.5 Å². The number of hydrogen-bond donors (Lipinski definition) is 4. The third-order valence-corrected chi connectivity index (χ3v) is 11.7. The van der Waals surface area contributed by atoms with Crippen molar-refractivity contribution in [2.45, 2.75) is 173 Å². The van der Waals surface area contributed by atoms with Crippen molar-refractivity contribution in [2.75, 3.05) is 14.1 Å². The van der Waals surface area contributed by atoms with Crippen molar-refractivity contribution in [2.24, 2.45) is 29.4 Å². The number of alkyl carbamates (subject to hydrolysis) is 1. The van der Waals surface area contributed by atoms with E-state index in [-0.39, 0.29) is 42.5 Å². The summed E-state index contributed by atoms with van der Waals surface area (Å²) in [4.78, 5) is 29.3. The van der Waals surface area contributed by atoms with E-state index in [1.165, 1.54) is 0 Å². The first-order valence-electron chi connectivity index (χ1n) is 17.9. The summed E-state index contributed by atoms with van der Waals surface area (Å²) in [5.74, 6) is -2.50. The number of nitrogens with one attached hydrogen (secondary N) is 1. The molecule has 3 heterocycles. The van der Waals surface area contributed by atoms with Crippen molar-refractivity contribution in [1.82, 2.24) is 10.2 Å². The number of aliphatic hydroxyl groups is 2. The Morgan fingerprint density at radius 2 is 1.74 bits per heavy atom. The maximum absolute atomic E-state index is 14.0. The van der Waals surface area contributed by atoms with E-state index in [9.17, 15) is 19.8 Å². The van der Waals surface area contributed by atoms with Crippen LogP contribution in [0.5, 0.6) is 0 Å². The fourth-order valence-electron chi connectivity index (χ4n) is 8.87. The van der Waals surface area contributed by atoms with Crippen molar-refractivity contribution in [1.29, 1.82) is 0 Å². The Balaban J connectivity index is 1.76. The van der Waals surface area contributed by atoms with Gasteiger partial charge in [-0.05, 0) is 79.8 Å². The molecule has 0 spiro atoms. The molecule has 0 radical (unpaired) electrons. The maximum Gasteiger partial charge on any atom is 0.407 e. The number of rotatable bonds is 6. The number of amides is 1. The molecule has 0 aromatic heterocycles. The monoisotopic (exact) mass is 669 g/mol. The number of nitrogens with two attached hydrogens (primary N) is 1. The van der Waals surface area contributed by atoms with Crippen LogP contribution < -0.4 is 11.1 Å². The molecule has 3 aliphatic heterocycles. The molecule has 1 unspecified atom stereocenters. The minimum Gasteiger partial charge on any atom is -0.459 e. The van der Waals surface area contributed by atoms with Crippen molar-refractivity contribution in [3.05, 3.63) is 0 Å². The van der Waals surface area contributed by atoms with Crippen LogP contribution in [0.2, 0.25) is 0 Å². The van der Waals surface area contributed by atoms with E-state index in [1.54, 1.807) is 13.8 Å². The Bertz CT molecular complexity index is 1070. The van der Waals surface area contributed by atoms with Crippen molar-refractivity contribution >= 4 is 12.1 Å². The lowest BCUT2D eigenvalue weighted by molar-refractivity contribution is -0.299. The highest BCUT2D eigenvalue weighted by atomic mass is 16.7. The molecule has 1 aliphatic carbocycles. The summed E-state index contributed by atoms with van der Waals surface area (Å²) < 4.78 is 31.8. The summed E-state index contributed by atoms with van der Waals surface area (Å²) in [6.45, 7) is 15.0. The number of nitrogens with zero attached hydrogens (tertiary/aromatic N) is 1. The number of carbonyl (C=O) groups excluding carboxylic acids is 2. The van der Waals surface area contributed by atoms with E-state index in [1.807, 2.05) is 60.5 Å². The minimum absolute atomic E-state index is 0.00154. The average Bonchev–Trinajstić information content (AvgIpc) is 3.59. The molecule has 272 valence electrons. The summed E-state index contributed by atoms with van der Waals surface area (Å²) in [6, 6.07) is -0.670. The fourth-order valence-corrected chi connectivity index (χ4v) is 8.87. The lowest BCUT2D eigenvalue weighted by atomic mass is 9.75. The van der Waals surface area contributed by atoms with Gasteiger partial charge in [-0.25, -0.2) is 4.79 Å². The number of fused-ring (bicyclic) bond motifs is 2. The van der Waals surface area contributed by atoms with E-state index in [0.717, 1.165) is 25.7 Å². The minimum atomic E-state index is -1.53. The first-order chi connectivity index (χ1) is 21.9. The lowest BCUT2D eigenvalue weighted by Gasteiger charge is -2.47. The molecular weight excluding hydrogens is 606 g/mol. The Hall–Kier alpha value is -1.54. The van der Waals surface area contributed by atoms with Crippen molar-refractivity contribution in [3.8, 4) is 0 Å². The van der Waals surface area contributed by atoms with Gasteiger partial charge >= 0.3 is 12.1 Å². The van der Waals surface area contributed by atoms with Gasteiger partial charge in [0.05, 0.1) is 29.8 Å². The Labute approximate surface area is 281 Å². The molecule has 1 saturated carbocycles. The zero-order valence-corrected chi connectivity index (χ0v) is 30.3. The smallest absolute Gasteiger partial charge is 0.407 e. The van der Waals surface area contributed by atoms with Gasteiger partial charge in [0.25, 0.3) is 0 Å². The van der Waals surface area contributed by atoms with Crippen LogP contribution >= 0.6 is 0 Å². The SMILES string of the molecule is CC[C@@H]1OC(=O)[C@H](C)[C@@H](OC(=O)NC2CCCC2)[C@H](C)[C@@H](O[C@@H]2O[C@H](C)C[C@H](N(C)C)[C@H]2O)[C@@](C)(O)C[C@@H](C)[C@H]2OC1(C)[C@@H](N)[C@@H]2C. The van der Waals surface area contributed by atoms with Gasteiger partial charge in [-0.15, -0.1) is 0 Å². The second-order valence-electron chi connectivity index (χ2n) is 15.8. The molecule has 0 aromatic carbocycles. The second kappa shape index (κ2) is 15.1. The molecule has 15 atom stereocenters. The molecule has 1 amide bonds. The molecule has 4 fully saturated rings. The van der Waals surface area contributed by atoms with Crippen LogP contribution in [0.1, 0.15) is 100 Å². The molecule has 3 saturated heterocycles.